The molecule has 1 aliphatic carbocycles. The van der Waals surface area contributed by atoms with E-state index in [0.717, 1.165) is 29.9 Å². The smallest absolute Gasteiger partial charge is 0.257 e. The standard InChI is InChI=1S/C20H18N6OS/c1-11-22-18(26-25-11)13-5-7-14(8-6-13)23-19(27)15-9-17(12-3-4-12)24-20(28-2)16(15)10-21/h5-9,12H,3-4H2,1-2H3,(H,23,27)(H,22,25,26). The number of benzene rings is 1. The maximum absolute atomic E-state index is 12.9. The summed E-state index contributed by atoms with van der Waals surface area (Å²) in [7, 11) is 0. The van der Waals surface area contributed by atoms with Gasteiger partial charge >= 0.3 is 0 Å². The van der Waals surface area contributed by atoms with E-state index in [1.807, 2.05) is 25.3 Å². The number of anilines is 1. The van der Waals surface area contributed by atoms with Crippen molar-refractivity contribution in [3.8, 4) is 17.5 Å². The minimum Gasteiger partial charge on any atom is -0.322 e. The quantitative estimate of drug-likeness (QED) is 0.640. The maximum atomic E-state index is 12.9. The molecule has 1 aromatic carbocycles. The number of hydrogen-bond donors (Lipinski definition) is 2. The van der Waals surface area contributed by atoms with Crippen LogP contribution >= 0.6 is 11.8 Å². The van der Waals surface area contributed by atoms with E-state index < -0.39 is 0 Å². The lowest BCUT2D eigenvalue weighted by atomic mass is 10.1. The lowest BCUT2D eigenvalue weighted by Crippen LogP contribution is -2.15. The van der Waals surface area contributed by atoms with Crippen molar-refractivity contribution in [2.45, 2.75) is 30.7 Å². The zero-order valence-electron chi connectivity index (χ0n) is 15.5. The number of nitrogens with zero attached hydrogens (tertiary/aromatic N) is 4. The van der Waals surface area contributed by atoms with Crippen LogP contribution in [-0.2, 0) is 0 Å². The van der Waals surface area contributed by atoms with Crippen molar-refractivity contribution in [1.82, 2.24) is 20.2 Å². The van der Waals surface area contributed by atoms with Gasteiger partial charge < -0.3 is 5.32 Å². The number of carbonyl (C=O) groups is 1. The minimum absolute atomic E-state index is 0.308. The fraction of sp³-hybridized carbons (Fsp3) is 0.250. The van der Waals surface area contributed by atoms with E-state index in [2.05, 4.69) is 31.6 Å². The summed E-state index contributed by atoms with van der Waals surface area (Å²) in [6.07, 6.45) is 4.02. The summed E-state index contributed by atoms with van der Waals surface area (Å²) >= 11 is 1.39. The van der Waals surface area contributed by atoms with Crippen LogP contribution in [0.4, 0.5) is 5.69 Å². The van der Waals surface area contributed by atoms with E-state index in [1.54, 1.807) is 18.2 Å². The molecule has 0 radical (unpaired) electrons. The number of nitriles is 1. The van der Waals surface area contributed by atoms with Crippen molar-refractivity contribution in [2.24, 2.45) is 0 Å². The third-order valence-electron chi connectivity index (χ3n) is 4.55. The Morgan fingerprint density at radius 3 is 2.61 bits per heavy atom. The minimum atomic E-state index is -0.308. The van der Waals surface area contributed by atoms with Gasteiger partial charge in [-0.25, -0.2) is 9.97 Å². The average Bonchev–Trinajstić information content (AvgIpc) is 3.48. The maximum Gasteiger partial charge on any atom is 0.257 e. The second-order valence-corrected chi connectivity index (χ2v) is 7.44. The van der Waals surface area contributed by atoms with Crippen molar-refractivity contribution in [3.63, 3.8) is 0 Å². The number of hydrogen-bond acceptors (Lipinski definition) is 6. The number of carbonyl (C=O) groups excluding carboxylic acids is 1. The molecular formula is C20H18N6OS. The normalized spacial score (nSPS) is 13.2. The van der Waals surface area contributed by atoms with E-state index in [4.69, 9.17) is 0 Å². The fourth-order valence-electron chi connectivity index (χ4n) is 2.94. The number of H-pyrrole nitrogens is 1. The fourth-order valence-corrected chi connectivity index (χ4v) is 3.49. The molecule has 2 heterocycles. The molecule has 2 aromatic heterocycles. The molecule has 0 saturated heterocycles. The monoisotopic (exact) mass is 390 g/mol. The number of thioether (sulfide) groups is 1. The van der Waals surface area contributed by atoms with Crippen molar-refractivity contribution in [1.29, 1.82) is 5.26 Å². The highest BCUT2D eigenvalue weighted by molar-refractivity contribution is 7.98. The van der Waals surface area contributed by atoms with Gasteiger partial charge in [-0.1, -0.05) is 0 Å². The number of aromatic nitrogens is 4. The molecule has 1 amide bonds. The van der Waals surface area contributed by atoms with Gasteiger partial charge in [0.2, 0.25) is 0 Å². The third-order valence-corrected chi connectivity index (χ3v) is 5.23. The zero-order chi connectivity index (χ0) is 19.7. The topological polar surface area (TPSA) is 107 Å². The van der Waals surface area contributed by atoms with E-state index in [9.17, 15) is 10.1 Å². The summed E-state index contributed by atoms with van der Waals surface area (Å²) in [6, 6.07) is 11.2. The van der Waals surface area contributed by atoms with E-state index in [0.29, 0.717) is 33.6 Å². The molecule has 7 nitrogen and oxygen atoms in total. The molecule has 8 heteroatoms. The van der Waals surface area contributed by atoms with Crippen LogP contribution in [0.5, 0.6) is 0 Å². The van der Waals surface area contributed by atoms with Crippen LogP contribution in [0.15, 0.2) is 35.4 Å². The van der Waals surface area contributed by atoms with E-state index in [-0.39, 0.29) is 5.91 Å². The van der Waals surface area contributed by atoms with Crippen molar-refractivity contribution in [3.05, 3.63) is 53.0 Å². The van der Waals surface area contributed by atoms with Crippen LogP contribution in [0.25, 0.3) is 11.4 Å². The highest BCUT2D eigenvalue weighted by Crippen LogP contribution is 2.40. The number of nitrogens with one attached hydrogen (secondary N) is 2. The average molecular weight is 390 g/mol. The Bertz CT molecular complexity index is 1080. The molecule has 2 N–H and O–H groups in total. The largest absolute Gasteiger partial charge is 0.322 e. The van der Waals surface area contributed by atoms with Crippen molar-refractivity contribution >= 4 is 23.4 Å². The van der Waals surface area contributed by atoms with Gasteiger partial charge in [-0.2, -0.15) is 10.4 Å². The summed E-state index contributed by atoms with van der Waals surface area (Å²) < 4.78 is 0. The van der Waals surface area contributed by atoms with Gasteiger partial charge in [-0.05, 0) is 56.4 Å². The lowest BCUT2D eigenvalue weighted by molar-refractivity contribution is 0.102. The van der Waals surface area contributed by atoms with Crippen LogP contribution in [0.3, 0.4) is 0 Å². The van der Waals surface area contributed by atoms with Gasteiger partial charge in [0.1, 0.15) is 16.9 Å². The highest BCUT2D eigenvalue weighted by Gasteiger charge is 2.28. The molecule has 1 aliphatic rings. The molecular weight excluding hydrogens is 372 g/mol. The number of aryl methyl sites for hydroxylation is 1. The first-order valence-corrected chi connectivity index (χ1v) is 10.1. The van der Waals surface area contributed by atoms with Gasteiger partial charge in [0, 0.05) is 22.9 Å². The number of pyridine rings is 1. The molecule has 0 spiro atoms. The van der Waals surface area contributed by atoms with Crippen molar-refractivity contribution < 1.29 is 4.79 Å². The molecule has 1 saturated carbocycles. The molecule has 0 aliphatic heterocycles. The predicted octanol–water partition coefficient (Wildman–Crippen LogP) is 3.90. The molecule has 0 atom stereocenters. The van der Waals surface area contributed by atoms with E-state index in [1.165, 1.54) is 11.8 Å². The van der Waals surface area contributed by atoms with Crippen LogP contribution in [0.2, 0.25) is 0 Å². The molecule has 0 unspecified atom stereocenters. The van der Waals surface area contributed by atoms with Crippen LogP contribution in [0.1, 0.15) is 46.2 Å². The molecule has 140 valence electrons. The van der Waals surface area contributed by atoms with Gasteiger partial charge in [0.25, 0.3) is 5.91 Å². The Hall–Kier alpha value is -3.18. The Labute approximate surface area is 166 Å². The molecule has 28 heavy (non-hydrogen) atoms. The molecule has 3 aromatic rings. The summed E-state index contributed by atoms with van der Waals surface area (Å²) in [5, 5.41) is 20.0. The van der Waals surface area contributed by atoms with Crippen molar-refractivity contribution in [2.75, 3.05) is 11.6 Å². The second kappa shape index (κ2) is 7.44. The third kappa shape index (κ3) is 3.62. The Kier molecular flexibility index (Phi) is 4.84. The zero-order valence-corrected chi connectivity index (χ0v) is 16.3. The Morgan fingerprint density at radius 1 is 1.29 bits per heavy atom. The number of amides is 1. The summed E-state index contributed by atoms with van der Waals surface area (Å²) in [5.74, 6) is 1.44. The van der Waals surface area contributed by atoms with Gasteiger partial charge in [-0.15, -0.1) is 11.8 Å². The van der Waals surface area contributed by atoms with Gasteiger partial charge in [-0.3, -0.25) is 9.89 Å². The summed E-state index contributed by atoms with van der Waals surface area (Å²) in [5.41, 5.74) is 3.08. The summed E-state index contributed by atoms with van der Waals surface area (Å²) in [6.45, 7) is 1.84. The van der Waals surface area contributed by atoms with Gasteiger partial charge in [0.05, 0.1) is 11.1 Å². The first-order chi connectivity index (χ1) is 13.6. The highest BCUT2D eigenvalue weighted by atomic mass is 32.2. The van der Waals surface area contributed by atoms with Crippen LogP contribution in [0, 0.1) is 18.3 Å². The number of rotatable bonds is 5. The molecule has 0 bridgehead atoms. The summed E-state index contributed by atoms with van der Waals surface area (Å²) in [4.78, 5) is 21.7. The Morgan fingerprint density at radius 2 is 2.04 bits per heavy atom. The van der Waals surface area contributed by atoms with Crippen LogP contribution in [-0.4, -0.2) is 32.3 Å². The van der Waals surface area contributed by atoms with Crippen LogP contribution < -0.4 is 5.32 Å². The number of aromatic amines is 1. The van der Waals surface area contributed by atoms with Gasteiger partial charge in [0.15, 0.2) is 5.82 Å². The predicted molar refractivity (Wildman–Crippen MR) is 107 cm³/mol. The first-order valence-electron chi connectivity index (χ1n) is 8.89. The molecule has 4 rings (SSSR count). The SMILES string of the molecule is CSc1nc(C2CC2)cc(C(=O)Nc2ccc(-c3n[nH]c(C)n3)cc2)c1C#N. The Balaban J connectivity index is 1.60. The lowest BCUT2D eigenvalue weighted by Gasteiger charge is -2.11. The van der Waals surface area contributed by atoms with E-state index >= 15 is 0 Å². The second-order valence-electron chi connectivity index (χ2n) is 6.64. The molecule has 1 fully saturated rings. The first kappa shape index (κ1) is 18.2.